The molecule has 1 aromatic heterocycles. The molecule has 2 aliphatic heterocycles. The number of ether oxygens (including phenoxy) is 3. The van der Waals surface area contributed by atoms with Gasteiger partial charge in [-0.1, -0.05) is 12.1 Å². The highest BCUT2D eigenvalue weighted by atomic mass is 16.6. The first-order chi connectivity index (χ1) is 16.1. The molecule has 0 aliphatic carbocycles. The maximum absolute atomic E-state index is 12.7. The van der Waals surface area contributed by atoms with Crippen LogP contribution < -0.4 is 14.4 Å². The highest BCUT2D eigenvalue weighted by Gasteiger charge is 2.33. The summed E-state index contributed by atoms with van der Waals surface area (Å²) in [7, 11) is 1.76. The molecule has 2 amide bonds. The molecule has 3 aromatic rings. The van der Waals surface area contributed by atoms with Crippen LogP contribution in [0.15, 0.2) is 48.8 Å². The Bertz CT molecular complexity index is 1200. The second kappa shape index (κ2) is 8.93. The quantitative estimate of drug-likeness (QED) is 0.572. The Morgan fingerprint density at radius 3 is 2.82 bits per heavy atom. The lowest BCUT2D eigenvalue weighted by Gasteiger charge is -2.21. The molecule has 0 N–H and O–H groups in total. The Balaban J connectivity index is 1.17. The molecule has 0 radical (unpaired) electrons. The molecule has 170 valence electrons. The molecule has 0 saturated carbocycles. The predicted molar refractivity (Wildman–Crippen MR) is 120 cm³/mol. The number of aromatic nitrogens is 2. The first-order valence-corrected chi connectivity index (χ1v) is 10.9. The number of fused-ring (bicyclic) bond motifs is 2. The van der Waals surface area contributed by atoms with Crippen LogP contribution in [0.2, 0.25) is 0 Å². The fourth-order valence-corrected chi connectivity index (χ4v) is 4.08. The van der Waals surface area contributed by atoms with Crippen molar-refractivity contribution in [2.45, 2.75) is 25.5 Å². The van der Waals surface area contributed by atoms with E-state index in [0.29, 0.717) is 49.9 Å². The monoisotopic (exact) mass is 448 g/mol. The number of nitrogens with zero attached hydrogens (tertiary/aromatic N) is 4. The summed E-state index contributed by atoms with van der Waals surface area (Å²) in [4.78, 5) is 37.1. The summed E-state index contributed by atoms with van der Waals surface area (Å²) in [6, 6.07) is 11.1. The summed E-state index contributed by atoms with van der Waals surface area (Å²) >= 11 is 0. The summed E-state index contributed by atoms with van der Waals surface area (Å²) < 4.78 is 16.6. The third-order valence-corrected chi connectivity index (χ3v) is 5.81. The zero-order valence-corrected chi connectivity index (χ0v) is 18.3. The SMILES string of the molecule is CN(Cc1cccc2nccnc12)C(=O)CCC1CN(c2ccc3c(c2)OCCO3)C(=O)O1. The van der Waals surface area contributed by atoms with Gasteiger partial charge in [-0.3, -0.25) is 19.7 Å². The molecule has 3 heterocycles. The number of cyclic esters (lactones) is 1. The molecule has 1 unspecified atom stereocenters. The molecule has 1 atom stereocenters. The lowest BCUT2D eigenvalue weighted by molar-refractivity contribution is -0.130. The van der Waals surface area contributed by atoms with E-state index in [0.717, 1.165) is 16.6 Å². The maximum atomic E-state index is 12.7. The summed E-state index contributed by atoms with van der Waals surface area (Å²) in [6.45, 7) is 1.80. The molecule has 1 fully saturated rings. The van der Waals surface area contributed by atoms with Crippen LogP contribution in [-0.4, -0.2) is 59.8 Å². The van der Waals surface area contributed by atoms with Gasteiger partial charge in [-0.2, -0.15) is 0 Å². The minimum atomic E-state index is -0.424. The van der Waals surface area contributed by atoms with Gasteiger partial charge < -0.3 is 19.1 Å². The van der Waals surface area contributed by atoms with E-state index in [1.807, 2.05) is 24.3 Å². The molecule has 0 spiro atoms. The van der Waals surface area contributed by atoms with Gasteiger partial charge in [-0.15, -0.1) is 0 Å². The molecular weight excluding hydrogens is 424 g/mol. The van der Waals surface area contributed by atoms with E-state index in [4.69, 9.17) is 14.2 Å². The number of hydrogen-bond donors (Lipinski definition) is 0. The van der Waals surface area contributed by atoms with Crippen molar-refractivity contribution in [2.24, 2.45) is 0 Å². The molecule has 2 aliphatic rings. The summed E-state index contributed by atoms with van der Waals surface area (Å²) in [5.41, 5.74) is 3.22. The van der Waals surface area contributed by atoms with Crippen molar-refractivity contribution in [3.63, 3.8) is 0 Å². The van der Waals surface area contributed by atoms with E-state index in [9.17, 15) is 9.59 Å². The van der Waals surface area contributed by atoms with Gasteiger partial charge in [-0.05, 0) is 30.2 Å². The van der Waals surface area contributed by atoms with Crippen LogP contribution in [0.3, 0.4) is 0 Å². The van der Waals surface area contributed by atoms with E-state index < -0.39 is 6.09 Å². The molecule has 2 aromatic carbocycles. The van der Waals surface area contributed by atoms with Crippen LogP contribution in [0.5, 0.6) is 11.5 Å². The van der Waals surface area contributed by atoms with Gasteiger partial charge in [0.2, 0.25) is 5.91 Å². The number of rotatable bonds is 6. The second-order valence-corrected chi connectivity index (χ2v) is 8.07. The van der Waals surface area contributed by atoms with Gasteiger partial charge in [0.1, 0.15) is 19.3 Å². The van der Waals surface area contributed by atoms with Crippen molar-refractivity contribution in [3.8, 4) is 11.5 Å². The minimum absolute atomic E-state index is 0.0234. The summed E-state index contributed by atoms with van der Waals surface area (Å²) in [5.74, 6) is 1.26. The van der Waals surface area contributed by atoms with Crippen LogP contribution in [0, 0.1) is 0 Å². The van der Waals surface area contributed by atoms with Gasteiger partial charge in [0.05, 0.1) is 23.3 Å². The largest absolute Gasteiger partial charge is 0.486 e. The number of carbonyl (C=O) groups excluding carboxylic acids is 2. The number of carbonyl (C=O) groups is 2. The number of anilines is 1. The Labute approximate surface area is 190 Å². The fraction of sp³-hybridized carbons (Fsp3) is 0.333. The van der Waals surface area contributed by atoms with Crippen LogP contribution in [0.1, 0.15) is 18.4 Å². The Morgan fingerprint density at radius 2 is 1.94 bits per heavy atom. The van der Waals surface area contributed by atoms with Crippen molar-refractivity contribution in [1.82, 2.24) is 14.9 Å². The van der Waals surface area contributed by atoms with Crippen molar-refractivity contribution in [1.29, 1.82) is 0 Å². The topological polar surface area (TPSA) is 94.1 Å². The highest BCUT2D eigenvalue weighted by Crippen LogP contribution is 2.35. The van der Waals surface area contributed by atoms with Crippen LogP contribution in [-0.2, 0) is 16.1 Å². The van der Waals surface area contributed by atoms with Gasteiger partial charge >= 0.3 is 6.09 Å². The zero-order valence-electron chi connectivity index (χ0n) is 18.3. The van der Waals surface area contributed by atoms with Gasteiger partial charge in [-0.25, -0.2) is 4.79 Å². The Morgan fingerprint density at radius 1 is 1.12 bits per heavy atom. The summed E-state index contributed by atoms with van der Waals surface area (Å²) in [5, 5.41) is 0. The van der Waals surface area contributed by atoms with Crippen LogP contribution in [0.4, 0.5) is 10.5 Å². The zero-order chi connectivity index (χ0) is 22.8. The molecule has 0 bridgehead atoms. The van der Waals surface area contributed by atoms with Gasteiger partial charge in [0, 0.05) is 38.5 Å². The van der Waals surface area contributed by atoms with Crippen LogP contribution in [0.25, 0.3) is 11.0 Å². The van der Waals surface area contributed by atoms with Crippen molar-refractivity contribution in [2.75, 3.05) is 31.7 Å². The predicted octanol–water partition coefficient (Wildman–Crippen LogP) is 3.17. The number of hydrogen-bond acceptors (Lipinski definition) is 7. The summed E-state index contributed by atoms with van der Waals surface area (Å²) in [6.07, 6.45) is 3.25. The van der Waals surface area contributed by atoms with E-state index in [1.54, 1.807) is 41.4 Å². The highest BCUT2D eigenvalue weighted by molar-refractivity contribution is 5.90. The second-order valence-electron chi connectivity index (χ2n) is 8.07. The first kappa shape index (κ1) is 21.0. The molecule has 5 rings (SSSR count). The van der Waals surface area contributed by atoms with Crippen LogP contribution >= 0.6 is 0 Å². The molecule has 1 saturated heterocycles. The maximum Gasteiger partial charge on any atom is 0.414 e. The normalized spacial score (nSPS) is 17.2. The van der Waals surface area contributed by atoms with E-state index in [2.05, 4.69) is 9.97 Å². The molecule has 9 nitrogen and oxygen atoms in total. The average Bonchev–Trinajstić information content (AvgIpc) is 3.22. The van der Waals surface area contributed by atoms with E-state index in [1.165, 1.54) is 0 Å². The lowest BCUT2D eigenvalue weighted by Crippen LogP contribution is -2.28. The fourth-order valence-electron chi connectivity index (χ4n) is 4.08. The van der Waals surface area contributed by atoms with E-state index >= 15 is 0 Å². The molecule has 9 heteroatoms. The van der Waals surface area contributed by atoms with Crippen molar-refractivity contribution >= 4 is 28.7 Å². The standard InChI is InChI=1S/C24H24N4O5/c1-27(14-16-3-2-4-19-23(16)26-10-9-25-19)22(29)8-6-18-15-28(24(30)33-18)17-5-7-20-21(13-17)32-12-11-31-20/h2-5,7,9-10,13,18H,6,8,11-12,14-15H2,1H3. The first-order valence-electron chi connectivity index (χ1n) is 10.9. The van der Waals surface area contributed by atoms with Gasteiger partial charge in [0.15, 0.2) is 11.5 Å². The number of benzene rings is 2. The molecular formula is C24H24N4O5. The Kier molecular flexibility index (Phi) is 5.68. The smallest absolute Gasteiger partial charge is 0.414 e. The van der Waals surface area contributed by atoms with Crippen molar-refractivity contribution in [3.05, 3.63) is 54.4 Å². The third-order valence-electron chi connectivity index (χ3n) is 5.81. The Hall–Kier alpha value is -3.88. The third kappa shape index (κ3) is 4.39. The molecule has 33 heavy (non-hydrogen) atoms. The lowest BCUT2D eigenvalue weighted by atomic mass is 10.1. The average molecular weight is 448 g/mol. The van der Waals surface area contributed by atoms with Gasteiger partial charge in [0.25, 0.3) is 0 Å². The van der Waals surface area contributed by atoms with E-state index in [-0.39, 0.29) is 18.4 Å². The minimum Gasteiger partial charge on any atom is -0.486 e. The number of amides is 2. The number of para-hydroxylation sites is 1. The van der Waals surface area contributed by atoms with Crippen molar-refractivity contribution < 1.29 is 23.8 Å².